The van der Waals surface area contributed by atoms with Gasteiger partial charge in [0.15, 0.2) is 0 Å². The first-order chi connectivity index (χ1) is 11.2. The quantitative estimate of drug-likeness (QED) is 0.864. The summed E-state index contributed by atoms with van der Waals surface area (Å²) in [4.78, 5) is 24.8. The molecular weight excluding hydrogens is 288 g/mol. The van der Waals surface area contributed by atoms with Crippen LogP contribution in [-0.4, -0.2) is 41.5 Å². The highest BCUT2D eigenvalue weighted by molar-refractivity contribution is 5.41. The van der Waals surface area contributed by atoms with Crippen LogP contribution in [0.1, 0.15) is 22.4 Å². The van der Waals surface area contributed by atoms with Crippen LogP contribution in [0, 0.1) is 0 Å². The molecule has 23 heavy (non-hydrogen) atoms. The van der Waals surface area contributed by atoms with Gasteiger partial charge in [0.1, 0.15) is 0 Å². The molecule has 2 aliphatic heterocycles. The minimum atomic E-state index is 0.0409. The fraction of sp³-hybridized carbons (Fsp3) is 0.444. The molecule has 0 saturated heterocycles. The molecule has 2 aromatic rings. The van der Waals surface area contributed by atoms with Crippen molar-refractivity contribution >= 4 is 5.95 Å². The first kappa shape index (κ1) is 14.5. The van der Waals surface area contributed by atoms with Gasteiger partial charge in [-0.25, -0.2) is 4.98 Å². The van der Waals surface area contributed by atoms with E-state index in [-0.39, 0.29) is 5.56 Å². The van der Waals surface area contributed by atoms with Crippen molar-refractivity contribution in [3.05, 3.63) is 57.0 Å². The second-order valence-corrected chi connectivity index (χ2v) is 6.56. The smallest absolute Gasteiger partial charge is 0.255 e. The largest absolute Gasteiger partial charge is 0.338 e. The number of benzene rings is 1. The summed E-state index contributed by atoms with van der Waals surface area (Å²) in [6, 6.07) is 8.52. The van der Waals surface area contributed by atoms with Gasteiger partial charge in [0.25, 0.3) is 5.56 Å². The van der Waals surface area contributed by atoms with Crippen molar-refractivity contribution in [1.29, 1.82) is 0 Å². The van der Waals surface area contributed by atoms with Crippen molar-refractivity contribution in [1.82, 2.24) is 14.9 Å². The summed E-state index contributed by atoms with van der Waals surface area (Å²) in [6.45, 7) is 3.61. The number of fused-ring (bicyclic) bond motifs is 2. The Labute approximate surface area is 136 Å². The van der Waals surface area contributed by atoms with Crippen molar-refractivity contribution in [3.63, 3.8) is 0 Å². The molecule has 120 valence electrons. The lowest BCUT2D eigenvalue weighted by Crippen LogP contribution is -2.34. The Morgan fingerprint density at radius 2 is 1.83 bits per heavy atom. The van der Waals surface area contributed by atoms with Gasteiger partial charge >= 0.3 is 0 Å². The summed E-state index contributed by atoms with van der Waals surface area (Å²) in [7, 11) is 2.10. The first-order valence-electron chi connectivity index (χ1n) is 8.33. The molecule has 0 unspecified atom stereocenters. The number of likely N-dealkylation sites (N-methyl/N-ethyl adjacent to an activating group) is 1. The van der Waals surface area contributed by atoms with Crippen LogP contribution in [0.15, 0.2) is 29.1 Å². The third-order valence-corrected chi connectivity index (χ3v) is 4.99. The Bertz CT molecular complexity index is 783. The SMILES string of the molecule is CN1CCc2nc(N3CCc4ccccc4C3)[nH]c(=O)c2CC1. The van der Waals surface area contributed by atoms with Gasteiger partial charge in [0.05, 0.1) is 5.69 Å². The van der Waals surface area contributed by atoms with Gasteiger partial charge in [-0.05, 0) is 31.0 Å². The molecule has 0 fully saturated rings. The number of anilines is 1. The predicted molar refractivity (Wildman–Crippen MR) is 91.0 cm³/mol. The standard InChI is InChI=1S/C18H22N4O/c1-21-9-7-15-16(8-10-21)19-18(20-17(15)23)22-11-6-13-4-2-3-5-14(13)12-22/h2-5H,6-12H2,1H3,(H,19,20,23). The van der Waals surface area contributed by atoms with E-state index in [9.17, 15) is 4.79 Å². The molecule has 1 aromatic carbocycles. The molecular formula is C18H22N4O. The number of H-pyrrole nitrogens is 1. The van der Waals surface area contributed by atoms with E-state index in [1.54, 1.807) is 0 Å². The summed E-state index contributed by atoms with van der Waals surface area (Å²) in [6.07, 6.45) is 2.64. The molecule has 0 amide bonds. The van der Waals surface area contributed by atoms with E-state index in [1.165, 1.54) is 11.1 Å². The monoisotopic (exact) mass is 310 g/mol. The minimum absolute atomic E-state index is 0.0409. The first-order valence-corrected chi connectivity index (χ1v) is 8.33. The Balaban J connectivity index is 1.66. The van der Waals surface area contributed by atoms with Crippen LogP contribution in [0.25, 0.3) is 0 Å². The molecule has 2 aliphatic rings. The molecule has 0 atom stereocenters. The summed E-state index contributed by atoms with van der Waals surface area (Å²) >= 11 is 0. The molecule has 3 heterocycles. The molecule has 0 spiro atoms. The summed E-state index contributed by atoms with van der Waals surface area (Å²) in [5, 5.41) is 0. The molecule has 0 bridgehead atoms. The maximum absolute atomic E-state index is 12.5. The number of rotatable bonds is 1. The van der Waals surface area contributed by atoms with E-state index in [4.69, 9.17) is 4.98 Å². The van der Waals surface area contributed by atoms with E-state index in [2.05, 4.69) is 46.1 Å². The van der Waals surface area contributed by atoms with Gasteiger partial charge in [-0.2, -0.15) is 0 Å². The van der Waals surface area contributed by atoms with Crippen LogP contribution < -0.4 is 10.5 Å². The average molecular weight is 310 g/mol. The lowest BCUT2D eigenvalue weighted by Gasteiger charge is -2.29. The maximum Gasteiger partial charge on any atom is 0.255 e. The van der Waals surface area contributed by atoms with Gasteiger partial charge in [-0.1, -0.05) is 24.3 Å². The minimum Gasteiger partial charge on any atom is -0.338 e. The lowest BCUT2D eigenvalue weighted by molar-refractivity contribution is 0.351. The van der Waals surface area contributed by atoms with Crippen LogP contribution in [0.4, 0.5) is 5.95 Å². The molecule has 0 saturated carbocycles. The second-order valence-electron chi connectivity index (χ2n) is 6.56. The number of hydrogen-bond donors (Lipinski definition) is 1. The van der Waals surface area contributed by atoms with Crippen molar-refractivity contribution in [3.8, 4) is 0 Å². The van der Waals surface area contributed by atoms with E-state index >= 15 is 0 Å². The van der Waals surface area contributed by atoms with Gasteiger partial charge in [-0.15, -0.1) is 0 Å². The number of hydrogen-bond acceptors (Lipinski definition) is 4. The zero-order valence-electron chi connectivity index (χ0n) is 13.5. The topological polar surface area (TPSA) is 52.2 Å². The normalized spacial score (nSPS) is 18.2. The second kappa shape index (κ2) is 5.81. The van der Waals surface area contributed by atoms with E-state index < -0.39 is 0 Å². The van der Waals surface area contributed by atoms with Crippen molar-refractivity contribution in [2.45, 2.75) is 25.8 Å². The zero-order valence-corrected chi connectivity index (χ0v) is 13.5. The van der Waals surface area contributed by atoms with E-state index in [1.807, 2.05) is 0 Å². The molecule has 5 nitrogen and oxygen atoms in total. The lowest BCUT2D eigenvalue weighted by atomic mass is 10.0. The van der Waals surface area contributed by atoms with Crippen molar-refractivity contribution < 1.29 is 0 Å². The third kappa shape index (κ3) is 2.77. The highest BCUT2D eigenvalue weighted by Crippen LogP contribution is 2.22. The molecule has 4 rings (SSSR count). The van der Waals surface area contributed by atoms with Crippen LogP contribution >= 0.6 is 0 Å². The van der Waals surface area contributed by atoms with Crippen molar-refractivity contribution in [2.24, 2.45) is 0 Å². The summed E-state index contributed by atoms with van der Waals surface area (Å²) in [5.74, 6) is 0.729. The Hall–Kier alpha value is -2.14. The van der Waals surface area contributed by atoms with Crippen LogP contribution in [0.5, 0.6) is 0 Å². The highest BCUT2D eigenvalue weighted by Gasteiger charge is 2.21. The van der Waals surface area contributed by atoms with E-state index in [0.717, 1.165) is 62.6 Å². The molecule has 0 radical (unpaired) electrons. The van der Waals surface area contributed by atoms with Gasteiger partial charge in [0, 0.05) is 38.2 Å². The number of aromatic amines is 1. The van der Waals surface area contributed by atoms with E-state index in [0.29, 0.717) is 0 Å². The summed E-state index contributed by atoms with van der Waals surface area (Å²) < 4.78 is 0. The van der Waals surface area contributed by atoms with Crippen LogP contribution in [0.2, 0.25) is 0 Å². The molecule has 1 N–H and O–H groups in total. The molecule has 1 aromatic heterocycles. The average Bonchev–Trinajstić information content (AvgIpc) is 2.77. The van der Waals surface area contributed by atoms with Gasteiger partial charge in [-0.3, -0.25) is 9.78 Å². The highest BCUT2D eigenvalue weighted by atomic mass is 16.1. The Kier molecular flexibility index (Phi) is 3.65. The predicted octanol–water partition coefficient (Wildman–Crippen LogP) is 1.36. The van der Waals surface area contributed by atoms with Gasteiger partial charge < -0.3 is 9.80 Å². The zero-order chi connectivity index (χ0) is 15.8. The Morgan fingerprint density at radius 3 is 2.70 bits per heavy atom. The fourth-order valence-electron chi connectivity index (χ4n) is 3.53. The third-order valence-electron chi connectivity index (χ3n) is 4.99. The maximum atomic E-state index is 12.5. The molecule has 5 heteroatoms. The van der Waals surface area contributed by atoms with Gasteiger partial charge in [0.2, 0.25) is 5.95 Å². The number of aromatic nitrogens is 2. The van der Waals surface area contributed by atoms with Crippen LogP contribution in [-0.2, 0) is 25.8 Å². The number of nitrogens with zero attached hydrogens (tertiary/aromatic N) is 3. The van der Waals surface area contributed by atoms with Crippen LogP contribution in [0.3, 0.4) is 0 Å². The molecule has 0 aliphatic carbocycles. The Morgan fingerprint density at radius 1 is 1.04 bits per heavy atom. The fourth-order valence-corrected chi connectivity index (χ4v) is 3.53. The summed E-state index contributed by atoms with van der Waals surface area (Å²) in [5.41, 5.74) is 4.63. The van der Waals surface area contributed by atoms with Crippen molar-refractivity contribution in [2.75, 3.05) is 31.6 Å². The number of nitrogens with one attached hydrogen (secondary N) is 1.